The molecule has 1 amide bonds. The lowest BCUT2D eigenvalue weighted by molar-refractivity contribution is -0.141. The fraction of sp³-hybridized carbons (Fsp3) is 0.500. The molecule has 1 atom stereocenters. The van der Waals surface area contributed by atoms with Crippen molar-refractivity contribution in [2.45, 2.75) is 31.8 Å². The second kappa shape index (κ2) is 10.6. The molecule has 7 heteroatoms. The van der Waals surface area contributed by atoms with Gasteiger partial charge in [-0.15, -0.1) is 0 Å². The number of aliphatic carboxylic acids is 1. The van der Waals surface area contributed by atoms with E-state index in [1.807, 2.05) is 24.3 Å². The fourth-order valence-corrected chi connectivity index (χ4v) is 2.10. The van der Waals surface area contributed by atoms with E-state index in [1.54, 1.807) is 7.11 Å². The van der Waals surface area contributed by atoms with Gasteiger partial charge in [-0.1, -0.05) is 12.1 Å². The molecule has 0 saturated heterocycles. The van der Waals surface area contributed by atoms with Crippen molar-refractivity contribution in [3.05, 3.63) is 29.8 Å². The zero-order valence-corrected chi connectivity index (χ0v) is 13.4. The number of carboxylic acid groups (broad SMARTS) is 1. The molecule has 0 aliphatic rings. The Morgan fingerprint density at radius 3 is 2.78 bits per heavy atom. The van der Waals surface area contributed by atoms with E-state index < -0.39 is 12.0 Å². The first-order valence-electron chi connectivity index (χ1n) is 7.62. The third kappa shape index (κ3) is 7.62. The highest BCUT2D eigenvalue weighted by Crippen LogP contribution is 2.11. The number of unbranched alkanes of at least 4 members (excludes halogenated alkanes) is 1. The maximum atomic E-state index is 11.8. The van der Waals surface area contributed by atoms with Crippen molar-refractivity contribution in [3.8, 4) is 5.75 Å². The molecule has 0 heterocycles. The average molecular weight is 323 g/mol. The summed E-state index contributed by atoms with van der Waals surface area (Å²) < 4.78 is 5.13. The average Bonchev–Trinajstić information content (AvgIpc) is 2.54. The molecule has 0 aliphatic heterocycles. The van der Waals surface area contributed by atoms with Crippen molar-refractivity contribution < 1.29 is 19.4 Å². The van der Waals surface area contributed by atoms with Crippen LogP contribution in [-0.4, -0.2) is 43.2 Å². The third-order valence-corrected chi connectivity index (χ3v) is 3.33. The topological polar surface area (TPSA) is 114 Å². The lowest BCUT2D eigenvalue weighted by atomic mass is 10.1. The van der Waals surface area contributed by atoms with Gasteiger partial charge in [0.1, 0.15) is 11.8 Å². The molecular formula is C16H25N3O4. The molecule has 1 unspecified atom stereocenters. The van der Waals surface area contributed by atoms with Crippen LogP contribution in [0.15, 0.2) is 24.3 Å². The summed E-state index contributed by atoms with van der Waals surface area (Å²) in [7, 11) is 1.59. The normalized spacial score (nSPS) is 11.7. The molecule has 0 spiro atoms. The molecule has 1 rings (SSSR count). The van der Waals surface area contributed by atoms with Gasteiger partial charge in [-0.25, -0.2) is 4.79 Å². The van der Waals surface area contributed by atoms with Crippen LogP contribution in [-0.2, 0) is 16.1 Å². The molecule has 1 aromatic rings. The van der Waals surface area contributed by atoms with Gasteiger partial charge in [0.25, 0.3) is 0 Å². The molecule has 0 aromatic heterocycles. The minimum absolute atomic E-state index is 0.0535. The van der Waals surface area contributed by atoms with Crippen LogP contribution in [0, 0.1) is 0 Å². The summed E-state index contributed by atoms with van der Waals surface area (Å²) in [6.45, 7) is 1.07. The van der Waals surface area contributed by atoms with E-state index >= 15 is 0 Å². The van der Waals surface area contributed by atoms with E-state index in [9.17, 15) is 9.59 Å². The lowest BCUT2D eigenvalue weighted by Crippen LogP contribution is -2.44. The van der Waals surface area contributed by atoms with Crippen molar-refractivity contribution in [1.82, 2.24) is 10.6 Å². The van der Waals surface area contributed by atoms with E-state index in [-0.39, 0.29) is 12.5 Å². The van der Waals surface area contributed by atoms with Crippen LogP contribution in [0.2, 0.25) is 0 Å². The number of amides is 1. The SMILES string of the molecule is COc1cccc(CNCC(=O)NC(CCCCN)C(=O)O)c1. The van der Waals surface area contributed by atoms with Crippen LogP contribution >= 0.6 is 0 Å². The Bertz CT molecular complexity index is 508. The summed E-state index contributed by atoms with van der Waals surface area (Å²) in [6.07, 6.45) is 1.80. The van der Waals surface area contributed by atoms with Gasteiger partial charge in [-0.3, -0.25) is 4.79 Å². The van der Waals surface area contributed by atoms with Gasteiger partial charge in [-0.2, -0.15) is 0 Å². The predicted molar refractivity (Wildman–Crippen MR) is 87.2 cm³/mol. The van der Waals surface area contributed by atoms with Crippen LogP contribution in [0.5, 0.6) is 5.75 Å². The van der Waals surface area contributed by atoms with Gasteiger partial charge in [0, 0.05) is 6.54 Å². The predicted octanol–water partition coefficient (Wildman–Crippen LogP) is 0.483. The first kappa shape index (κ1) is 18.9. The Morgan fingerprint density at radius 2 is 2.13 bits per heavy atom. The number of methoxy groups -OCH3 is 1. The van der Waals surface area contributed by atoms with Crippen LogP contribution in [0.3, 0.4) is 0 Å². The number of benzene rings is 1. The number of carbonyl (C=O) groups excluding carboxylic acids is 1. The summed E-state index contributed by atoms with van der Waals surface area (Å²) in [6, 6.07) is 6.63. The van der Waals surface area contributed by atoms with Crippen molar-refractivity contribution in [2.24, 2.45) is 5.73 Å². The van der Waals surface area contributed by atoms with E-state index in [0.29, 0.717) is 25.9 Å². The highest BCUT2D eigenvalue weighted by molar-refractivity contribution is 5.84. The van der Waals surface area contributed by atoms with E-state index in [2.05, 4.69) is 10.6 Å². The highest BCUT2D eigenvalue weighted by Gasteiger charge is 2.18. The zero-order valence-electron chi connectivity index (χ0n) is 13.4. The smallest absolute Gasteiger partial charge is 0.326 e. The quantitative estimate of drug-likeness (QED) is 0.441. The molecular weight excluding hydrogens is 298 g/mol. The van der Waals surface area contributed by atoms with Gasteiger partial charge < -0.3 is 26.2 Å². The first-order valence-corrected chi connectivity index (χ1v) is 7.62. The Hall–Kier alpha value is -2.12. The molecule has 7 nitrogen and oxygen atoms in total. The summed E-state index contributed by atoms with van der Waals surface area (Å²) >= 11 is 0. The summed E-state index contributed by atoms with van der Waals surface area (Å²) in [4.78, 5) is 22.9. The molecule has 128 valence electrons. The molecule has 23 heavy (non-hydrogen) atoms. The van der Waals surface area contributed by atoms with Gasteiger partial charge >= 0.3 is 5.97 Å². The molecule has 0 radical (unpaired) electrons. The van der Waals surface area contributed by atoms with Crippen molar-refractivity contribution in [2.75, 3.05) is 20.2 Å². The maximum Gasteiger partial charge on any atom is 0.326 e. The molecule has 0 saturated carbocycles. The fourth-order valence-electron chi connectivity index (χ4n) is 2.10. The molecule has 0 aliphatic carbocycles. The number of carboxylic acids is 1. The van der Waals surface area contributed by atoms with Gasteiger partial charge in [0.05, 0.1) is 13.7 Å². The Morgan fingerprint density at radius 1 is 1.35 bits per heavy atom. The molecule has 5 N–H and O–H groups in total. The van der Waals surface area contributed by atoms with Gasteiger partial charge in [0.15, 0.2) is 0 Å². The van der Waals surface area contributed by atoms with E-state index in [1.165, 1.54) is 0 Å². The lowest BCUT2D eigenvalue weighted by Gasteiger charge is -2.14. The van der Waals surface area contributed by atoms with Crippen LogP contribution in [0.4, 0.5) is 0 Å². The van der Waals surface area contributed by atoms with Crippen molar-refractivity contribution in [1.29, 1.82) is 0 Å². The van der Waals surface area contributed by atoms with E-state index in [0.717, 1.165) is 17.7 Å². The number of rotatable bonds is 11. The van der Waals surface area contributed by atoms with Crippen LogP contribution in [0.25, 0.3) is 0 Å². The van der Waals surface area contributed by atoms with E-state index in [4.69, 9.17) is 15.6 Å². The first-order chi connectivity index (χ1) is 11.1. The monoisotopic (exact) mass is 323 g/mol. The molecule has 0 bridgehead atoms. The minimum atomic E-state index is -1.02. The Balaban J connectivity index is 2.35. The summed E-state index contributed by atoms with van der Waals surface area (Å²) in [5, 5.41) is 14.6. The van der Waals surface area contributed by atoms with Gasteiger partial charge in [0.2, 0.25) is 5.91 Å². The largest absolute Gasteiger partial charge is 0.497 e. The minimum Gasteiger partial charge on any atom is -0.497 e. The number of nitrogens with one attached hydrogen (secondary N) is 2. The van der Waals surface area contributed by atoms with Crippen molar-refractivity contribution in [3.63, 3.8) is 0 Å². The number of carbonyl (C=O) groups is 2. The number of ether oxygens (including phenoxy) is 1. The van der Waals surface area contributed by atoms with Crippen LogP contribution < -0.4 is 21.1 Å². The Labute approximate surface area is 136 Å². The number of hydrogen-bond acceptors (Lipinski definition) is 5. The third-order valence-electron chi connectivity index (χ3n) is 3.33. The number of hydrogen-bond donors (Lipinski definition) is 4. The Kier molecular flexibility index (Phi) is 8.71. The highest BCUT2D eigenvalue weighted by atomic mass is 16.5. The standard InChI is InChI=1S/C16H25N3O4/c1-23-13-6-4-5-12(9-13)10-18-11-15(20)19-14(16(21)22)7-2-3-8-17/h4-6,9,14,18H,2-3,7-8,10-11,17H2,1H3,(H,19,20)(H,21,22). The second-order valence-electron chi connectivity index (χ2n) is 5.20. The van der Waals surface area contributed by atoms with Crippen LogP contribution in [0.1, 0.15) is 24.8 Å². The molecule has 1 aromatic carbocycles. The maximum absolute atomic E-state index is 11.8. The van der Waals surface area contributed by atoms with Gasteiger partial charge in [-0.05, 0) is 43.5 Å². The summed E-state index contributed by atoms with van der Waals surface area (Å²) in [5.41, 5.74) is 6.36. The summed E-state index contributed by atoms with van der Waals surface area (Å²) in [5.74, 6) is -0.615. The number of nitrogens with two attached hydrogens (primary N) is 1. The zero-order chi connectivity index (χ0) is 17.1. The molecule has 0 fully saturated rings. The second-order valence-corrected chi connectivity index (χ2v) is 5.20. The van der Waals surface area contributed by atoms with Crippen molar-refractivity contribution >= 4 is 11.9 Å².